The molecule has 2 unspecified atom stereocenters. The van der Waals surface area contributed by atoms with Gasteiger partial charge in [0.1, 0.15) is 4.88 Å². The van der Waals surface area contributed by atoms with Gasteiger partial charge in [0.15, 0.2) is 10.9 Å². The van der Waals surface area contributed by atoms with Gasteiger partial charge < -0.3 is 20.1 Å². The highest BCUT2D eigenvalue weighted by Crippen LogP contribution is 2.34. The summed E-state index contributed by atoms with van der Waals surface area (Å²) in [5, 5.41) is 13.7. The molecule has 0 aromatic carbocycles. The number of hydrogen-bond donors (Lipinski definition) is 2. The number of piperidine rings is 2. The van der Waals surface area contributed by atoms with Gasteiger partial charge in [-0.25, -0.2) is 0 Å². The number of thiophene rings is 1. The summed E-state index contributed by atoms with van der Waals surface area (Å²) in [4.78, 5) is 8.06. The van der Waals surface area contributed by atoms with Crippen LogP contribution in [0, 0.1) is 0 Å². The fourth-order valence-corrected chi connectivity index (χ4v) is 5.48. The van der Waals surface area contributed by atoms with Crippen molar-refractivity contribution in [3.05, 3.63) is 17.3 Å². The average molecular weight is 420 g/mol. The molecule has 0 amide bonds. The first kappa shape index (κ1) is 19.8. The van der Waals surface area contributed by atoms with Gasteiger partial charge in [-0.2, -0.15) is 4.98 Å². The zero-order valence-corrected chi connectivity index (χ0v) is 18.2. The molecule has 0 aliphatic carbocycles. The van der Waals surface area contributed by atoms with Crippen molar-refractivity contribution in [2.45, 2.75) is 76.4 Å². The van der Waals surface area contributed by atoms with Gasteiger partial charge in [-0.1, -0.05) is 24.9 Å². The van der Waals surface area contributed by atoms with Crippen molar-refractivity contribution in [1.82, 2.24) is 20.4 Å². The van der Waals surface area contributed by atoms with Crippen molar-refractivity contribution in [3.8, 4) is 10.8 Å². The Bertz CT molecular complexity index is 790. The molecule has 0 saturated carbocycles. The Balaban J connectivity index is 1.37. The molecule has 152 valence electrons. The van der Waals surface area contributed by atoms with Crippen LogP contribution >= 0.6 is 23.6 Å². The molecule has 8 heteroatoms. The summed E-state index contributed by atoms with van der Waals surface area (Å²) in [6.45, 7) is 2.16. The van der Waals surface area contributed by atoms with Crippen LogP contribution in [0.3, 0.4) is 0 Å². The predicted octanol–water partition coefficient (Wildman–Crippen LogP) is 4.44. The second-order valence-electron chi connectivity index (χ2n) is 7.95. The summed E-state index contributed by atoms with van der Waals surface area (Å²) in [5.74, 6) is 1.34. The maximum Gasteiger partial charge on any atom is 0.270 e. The summed E-state index contributed by atoms with van der Waals surface area (Å²) < 4.78 is 5.48. The van der Waals surface area contributed by atoms with E-state index in [0.717, 1.165) is 48.5 Å². The minimum atomic E-state index is 0.442. The van der Waals surface area contributed by atoms with Gasteiger partial charge in [0, 0.05) is 24.5 Å². The number of unbranched alkanes of at least 4 members (excludes halogenated alkanes) is 1. The molecule has 28 heavy (non-hydrogen) atoms. The van der Waals surface area contributed by atoms with Crippen LogP contribution in [0.2, 0.25) is 0 Å². The quantitative estimate of drug-likeness (QED) is 0.671. The van der Waals surface area contributed by atoms with Gasteiger partial charge in [0.05, 0.1) is 5.69 Å². The molecule has 4 heterocycles. The van der Waals surface area contributed by atoms with Crippen LogP contribution in [0.5, 0.6) is 0 Å². The van der Waals surface area contributed by atoms with E-state index in [2.05, 4.69) is 39.6 Å². The lowest BCUT2D eigenvalue weighted by molar-refractivity contribution is 0.0530. The van der Waals surface area contributed by atoms with Crippen molar-refractivity contribution < 1.29 is 4.52 Å². The van der Waals surface area contributed by atoms with Crippen LogP contribution in [-0.2, 0) is 6.42 Å². The van der Waals surface area contributed by atoms with Crippen molar-refractivity contribution in [2.75, 3.05) is 12.4 Å². The number of fused-ring (bicyclic) bond motifs is 2. The van der Waals surface area contributed by atoms with E-state index in [1.807, 2.05) is 11.4 Å². The van der Waals surface area contributed by atoms with Crippen LogP contribution in [-0.4, -0.2) is 45.3 Å². The molecule has 0 radical (unpaired) electrons. The van der Waals surface area contributed by atoms with E-state index in [4.69, 9.17) is 16.7 Å². The van der Waals surface area contributed by atoms with Crippen LogP contribution in [0.4, 0.5) is 5.69 Å². The molecule has 4 rings (SSSR count). The smallest absolute Gasteiger partial charge is 0.270 e. The summed E-state index contributed by atoms with van der Waals surface area (Å²) >= 11 is 7.21. The Morgan fingerprint density at radius 3 is 2.89 bits per heavy atom. The van der Waals surface area contributed by atoms with E-state index in [9.17, 15) is 0 Å². The molecule has 2 bridgehead atoms. The Labute approximate surface area is 176 Å². The van der Waals surface area contributed by atoms with E-state index >= 15 is 0 Å². The van der Waals surface area contributed by atoms with Gasteiger partial charge >= 0.3 is 0 Å². The van der Waals surface area contributed by atoms with Crippen molar-refractivity contribution in [3.63, 3.8) is 0 Å². The van der Waals surface area contributed by atoms with Gasteiger partial charge in [-0.05, 0) is 62.8 Å². The van der Waals surface area contributed by atoms with E-state index in [-0.39, 0.29) is 0 Å². The molecule has 2 aliphatic rings. The van der Waals surface area contributed by atoms with Gasteiger partial charge in [-0.15, -0.1) is 11.3 Å². The Morgan fingerprint density at radius 1 is 1.36 bits per heavy atom. The second-order valence-corrected chi connectivity index (χ2v) is 9.28. The highest BCUT2D eigenvalue weighted by atomic mass is 32.1. The van der Waals surface area contributed by atoms with E-state index in [1.165, 1.54) is 19.3 Å². The minimum absolute atomic E-state index is 0.442. The number of hydrogen-bond acceptors (Lipinski definition) is 6. The molecule has 2 atom stereocenters. The van der Waals surface area contributed by atoms with Crippen molar-refractivity contribution in [2.24, 2.45) is 0 Å². The molecule has 0 spiro atoms. The number of rotatable bonds is 6. The van der Waals surface area contributed by atoms with E-state index in [1.54, 1.807) is 11.3 Å². The molecular weight excluding hydrogens is 390 g/mol. The molecule has 2 aromatic rings. The first-order valence-corrected chi connectivity index (χ1v) is 11.6. The zero-order chi connectivity index (χ0) is 19.5. The molecule has 2 fully saturated rings. The lowest BCUT2D eigenvalue weighted by atomic mass is 9.82. The molecular formula is C20H29N5OS2. The summed E-state index contributed by atoms with van der Waals surface area (Å²) in [5.41, 5.74) is 0.932. The standard InChI is InChI=1S/C20H29N5OS2/c1-3-4-8-17-23-19(26-24-17)18-16(9-10-28-18)22-20(27)21-13-11-14-6-5-7-15(12-13)25(14)2/h9-10,13-15H,3-8,11-12H2,1-2H3,(H2,21,22,27). The summed E-state index contributed by atoms with van der Waals surface area (Å²) in [6, 6.07) is 3.83. The number of thiocarbonyl (C=S) groups is 1. The fourth-order valence-electron chi connectivity index (χ4n) is 4.43. The third kappa shape index (κ3) is 4.39. The lowest BCUT2D eigenvalue weighted by Crippen LogP contribution is -2.55. The Kier molecular flexibility index (Phi) is 6.28. The largest absolute Gasteiger partial charge is 0.360 e. The van der Waals surface area contributed by atoms with Crippen molar-refractivity contribution in [1.29, 1.82) is 0 Å². The highest BCUT2D eigenvalue weighted by molar-refractivity contribution is 7.80. The van der Waals surface area contributed by atoms with Crippen LogP contribution in [0.25, 0.3) is 10.8 Å². The SMILES string of the molecule is CCCCc1noc(-c2sccc2NC(=S)NC2CC3CCCC(C2)N3C)n1. The first-order chi connectivity index (χ1) is 13.6. The maximum absolute atomic E-state index is 5.62. The third-order valence-corrected chi connectivity index (χ3v) is 7.13. The highest BCUT2D eigenvalue weighted by Gasteiger charge is 2.36. The van der Waals surface area contributed by atoms with Gasteiger partial charge in [-0.3, -0.25) is 0 Å². The van der Waals surface area contributed by atoms with Gasteiger partial charge in [0.25, 0.3) is 5.89 Å². The number of aromatic nitrogens is 2. The Hall–Kier alpha value is -1.51. The molecule has 2 saturated heterocycles. The minimum Gasteiger partial charge on any atom is -0.360 e. The number of anilines is 1. The first-order valence-electron chi connectivity index (χ1n) is 10.3. The predicted molar refractivity (Wildman–Crippen MR) is 118 cm³/mol. The van der Waals surface area contributed by atoms with E-state index in [0.29, 0.717) is 29.1 Å². The third-order valence-electron chi connectivity index (χ3n) is 6.00. The van der Waals surface area contributed by atoms with Crippen molar-refractivity contribution >= 4 is 34.4 Å². The van der Waals surface area contributed by atoms with Crippen LogP contribution < -0.4 is 10.6 Å². The number of nitrogens with zero attached hydrogens (tertiary/aromatic N) is 3. The fraction of sp³-hybridized carbons (Fsp3) is 0.650. The summed E-state index contributed by atoms with van der Waals surface area (Å²) in [6.07, 6.45) is 9.33. The Morgan fingerprint density at radius 2 is 2.14 bits per heavy atom. The van der Waals surface area contributed by atoms with Crippen LogP contribution in [0.15, 0.2) is 16.0 Å². The zero-order valence-electron chi connectivity index (χ0n) is 16.6. The lowest BCUT2D eigenvalue weighted by Gasteiger charge is -2.47. The van der Waals surface area contributed by atoms with Crippen LogP contribution in [0.1, 0.15) is 57.7 Å². The average Bonchev–Trinajstić information content (AvgIpc) is 3.30. The number of nitrogens with one attached hydrogen (secondary N) is 2. The van der Waals surface area contributed by atoms with E-state index < -0.39 is 0 Å². The second kappa shape index (κ2) is 8.88. The normalized spacial score (nSPS) is 24.9. The molecule has 2 N–H and O–H groups in total. The maximum atomic E-state index is 5.62. The molecule has 2 aromatic heterocycles. The number of aryl methyl sites for hydroxylation is 1. The topological polar surface area (TPSA) is 66.2 Å². The molecule has 6 nitrogen and oxygen atoms in total. The van der Waals surface area contributed by atoms with Gasteiger partial charge in [0.2, 0.25) is 0 Å². The molecule has 2 aliphatic heterocycles. The summed E-state index contributed by atoms with van der Waals surface area (Å²) in [7, 11) is 2.28. The monoisotopic (exact) mass is 419 g/mol.